The van der Waals surface area contributed by atoms with Gasteiger partial charge < -0.3 is 14.8 Å². The van der Waals surface area contributed by atoms with Gasteiger partial charge in [0.2, 0.25) is 5.91 Å². The molecule has 2 amide bonds. The second kappa shape index (κ2) is 8.69. The highest BCUT2D eigenvalue weighted by atomic mass is 16.2. The van der Waals surface area contributed by atoms with E-state index in [4.69, 9.17) is 0 Å². The number of imidazole rings is 1. The van der Waals surface area contributed by atoms with Crippen LogP contribution < -0.4 is 5.32 Å². The zero-order valence-corrected chi connectivity index (χ0v) is 17.6. The molecule has 0 unspecified atom stereocenters. The van der Waals surface area contributed by atoms with Crippen LogP contribution in [0, 0.1) is 19.8 Å². The Bertz CT molecular complexity index is 1060. The first kappa shape index (κ1) is 20.1. The SMILES string of the molecule is Cc1ccccc1C(=O)N1CCC(C(=O)NCCn2c(C)nc3ccccc32)CC1. The second-order valence-electron chi connectivity index (χ2n) is 7.97. The van der Waals surface area contributed by atoms with E-state index in [1.165, 1.54) is 0 Å². The molecule has 1 aliphatic heterocycles. The van der Waals surface area contributed by atoms with Crippen molar-refractivity contribution < 1.29 is 9.59 Å². The quantitative estimate of drug-likeness (QED) is 0.709. The molecule has 0 radical (unpaired) electrons. The standard InChI is InChI=1S/C24H28N4O2/c1-17-7-3-4-8-20(17)24(30)27-14-11-19(12-15-27)23(29)25-13-16-28-18(2)26-21-9-5-6-10-22(21)28/h3-10,19H,11-16H2,1-2H3,(H,25,29). The highest BCUT2D eigenvalue weighted by molar-refractivity contribution is 5.95. The third-order valence-electron chi connectivity index (χ3n) is 6.01. The predicted molar refractivity (Wildman–Crippen MR) is 117 cm³/mol. The lowest BCUT2D eigenvalue weighted by Gasteiger charge is -2.31. The molecule has 4 rings (SSSR count). The molecule has 156 valence electrons. The number of rotatable bonds is 5. The molecule has 3 aromatic rings. The molecule has 0 atom stereocenters. The van der Waals surface area contributed by atoms with Crippen LogP contribution in [0.1, 0.15) is 34.6 Å². The zero-order valence-electron chi connectivity index (χ0n) is 17.6. The Hall–Kier alpha value is -3.15. The maximum atomic E-state index is 12.8. The molecule has 2 heterocycles. The fraction of sp³-hybridized carbons (Fsp3) is 0.375. The molecule has 2 aromatic carbocycles. The van der Waals surface area contributed by atoms with Crippen LogP contribution in [0.3, 0.4) is 0 Å². The highest BCUT2D eigenvalue weighted by Crippen LogP contribution is 2.21. The Kier molecular flexibility index (Phi) is 5.84. The van der Waals surface area contributed by atoms with Crippen molar-refractivity contribution in [1.82, 2.24) is 19.8 Å². The number of benzene rings is 2. The summed E-state index contributed by atoms with van der Waals surface area (Å²) in [5.74, 6) is 1.06. The summed E-state index contributed by atoms with van der Waals surface area (Å²) in [4.78, 5) is 31.8. The number of nitrogens with one attached hydrogen (secondary N) is 1. The van der Waals surface area contributed by atoms with E-state index in [0.29, 0.717) is 39.0 Å². The average molecular weight is 405 g/mol. The van der Waals surface area contributed by atoms with Crippen LogP contribution in [-0.4, -0.2) is 45.9 Å². The van der Waals surface area contributed by atoms with Gasteiger partial charge in [-0.1, -0.05) is 30.3 Å². The van der Waals surface area contributed by atoms with Crippen LogP contribution in [0.2, 0.25) is 0 Å². The van der Waals surface area contributed by atoms with Gasteiger partial charge in [0.05, 0.1) is 11.0 Å². The summed E-state index contributed by atoms with van der Waals surface area (Å²) in [7, 11) is 0. The van der Waals surface area contributed by atoms with Gasteiger partial charge in [-0.2, -0.15) is 0 Å². The molecule has 0 spiro atoms. The summed E-state index contributed by atoms with van der Waals surface area (Å²) in [5.41, 5.74) is 3.81. The Morgan fingerprint density at radius 3 is 2.50 bits per heavy atom. The molecule has 1 N–H and O–H groups in total. The fourth-order valence-electron chi connectivity index (χ4n) is 4.24. The predicted octanol–water partition coefficient (Wildman–Crippen LogP) is 3.32. The molecule has 0 saturated carbocycles. The molecule has 1 saturated heterocycles. The van der Waals surface area contributed by atoms with Gasteiger partial charge in [-0.05, 0) is 50.5 Å². The third-order valence-corrected chi connectivity index (χ3v) is 6.01. The minimum absolute atomic E-state index is 0.0356. The number of aromatic nitrogens is 2. The Morgan fingerprint density at radius 2 is 1.73 bits per heavy atom. The van der Waals surface area contributed by atoms with Crippen LogP contribution >= 0.6 is 0 Å². The monoisotopic (exact) mass is 404 g/mol. The van der Waals surface area contributed by atoms with Crippen LogP contribution in [0.4, 0.5) is 0 Å². The zero-order chi connectivity index (χ0) is 21.1. The maximum absolute atomic E-state index is 12.8. The van der Waals surface area contributed by atoms with Crippen molar-refractivity contribution in [3.63, 3.8) is 0 Å². The topological polar surface area (TPSA) is 67.2 Å². The normalized spacial score (nSPS) is 14.8. The molecule has 1 fully saturated rings. The first-order valence-corrected chi connectivity index (χ1v) is 10.6. The largest absolute Gasteiger partial charge is 0.354 e. The number of fused-ring (bicyclic) bond motifs is 1. The summed E-state index contributed by atoms with van der Waals surface area (Å²) in [5, 5.41) is 3.08. The summed E-state index contributed by atoms with van der Waals surface area (Å²) in [6, 6.07) is 15.7. The summed E-state index contributed by atoms with van der Waals surface area (Å²) >= 11 is 0. The fourth-order valence-corrected chi connectivity index (χ4v) is 4.24. The number of carbonyl (C=O) groups is 2. The van der Waals surface area contributed by atoms with Crippen molar-refractivity contribution in [2.24, 2.45) is 5.92 Å². The number of nitrogens with zero attached hydrogens (tertiary/aromatic N) is 3. The van der Waals surface area contributed by atoms with Gasteiger partial charge in [0.1, 0.15) is 5.82 Å². The van der Waals surface area contributed by atoms with Crippen molar-refractivity contribution in [2.75, 3.05) is 19.6 Å². The number of aryl methyl sites for hydroxylation is 2. The van der Waals surface area contributed by atoms with E-state index in [2.05, 4.69) is 20.9 Å². The van der Waals surface area contributed by atoms with Crippen LogP contribution in [-0.2, 0) is 11.3 Å². The van der Waals surface area contributed by atoms with Gasteiger partial charge in [0, 0.05) is 37.7 Å². The summed E-state index contributed by atoms with van der Waals surface area (Å²) in [6.07, 6.45) is 1.41. The van der Waals surface area contributed by atoms with E-state index in [9.17, 15) is 9.59 Å². The van der Waals surface area contributed by atoms with E-state index in [1.807, 2.05) is 61.2 Å². The van der Waals surface area contributed by atoms with Gasteiger partial charge in [0.15, 0.2) is 0 Å². The molecule has 6 nitrogen and oxygen atoms in total. The smallest absolute Gasteiger partial charge is 0.254 e. The van der Waals surface area contributed by atoms with Crippen molar-refractivity contribution in [3.05, 3.63) is 65.5 Å². The lowest BCUT2D eigenvalue weighted by molar-refractivity contribution is -0.126. The molecule has 6 heteroatoms. The lowest BCUT2D eigenvalue weighted by atomic mass is 9.95. The second-order valence-corrected chi connectivity index (χ2v) is 7.97. The third kappa shape index (κ3) is 4.08. The number of para-hydroxylation sites is 2. The van der Waals surface area contributed by atoms with E-state index in [0.717, 1.165) is 28.0 Å². The minimum atomic E-state index is -0.0356. The van der Waals surface area contributed by atoms with Gasteiger partial charge in [-0.15, -0.1) is 0 Å². The van der Waals surface area contributed by atoms with Crippen molar-refractivity contribution in [3.8, 4) is 0 Å². The van der Waals surface area contributed by atoms with Crippen molar-refractivity contribution >= 4 is 22.8 Å². The van der Waals surface area contributed by atoms with Crippen LogP contribution in [0.5, 0.6) is 0 Å². The average Bonchev–Trinajstić information content (AvgIpc) is 3.09. The van der Waals surface area contributed by atoms with E-state index >= 15 is 0 Å². The first-order valence-electron chi connectivity index (χ1n) is 10.6. The van der Waals surface area contributed by atoms with Crippen LogP contribution in [0.15, 0.2) is 48.5 Å². The molecule has 0 aliphatic carbocycles. The first-order chi connectivity index (χ1) is 14.5. The van der Waals surface area contributed by atoms with E-state index < -0.39 is 0 Å². The number of hydrogen-bond acceptors (Lipinski definition) is 3. The van der Waals surface area contributed by atoms with Crippen molar-refractivity contribution in [2.45, 2.75) is 33.2 Å². The molecule has 30 heavy (non-hydrogen) atoms. The van der Waals surface area contributed by atoms with Gasteiger partial charge in [-0.25, -0.2) is 4.98 Å². The minimum Gasteiger partial charge on any atom is -0.354 e. The Morgan fingerprint density at radius 1 is 1.03 bits per heavy atom. The number of likely N-dealkylation sites (tertiary alicyclic amines) is 1. The molecule has 1 aromatic heterocycles. The van der Waals surface area contributed by atoms with Crippen molar-refractivity contribution in [1.29, 1.82) is 0 Å². The van der Waals surface area contributed by atoms with Crippen LogP contribution in [0.25, 0.3) is 11.0 Å². The molecule has 1 aliphatic rings. The van der Waals surface area contributed by atoms with Gasteiger partial charge in [0.25, 0.3) is 5.91 Å². The van der Waals surface area contributed by atoms with Gasteiger partial charge >= 0.3 is 0 Å². The lowest BCUT2D eigenvalue weighted by Crippen LogP contribution is -2.43. The number of carbonyl (C=O) groups excluding carboxylic acids is 2. The van der Waals surface area contributed by atoms with Gasteiger partial charge in [-0.3, -0.25) is 9.59 Å². The molecular weight excluding hydrogens is 376 g/mol. The number of piperidine rings is 1. The van der Waals surface area contributed by atoms with E-state index in [-0.39, 0.29) is 17.7 Å². The molecule has 0 bridgehead atoms. The number of amides is 2. The summed E-state index contributed by atoms with van der Waals surface area (Å²) < 4.78 is 2.14. The Balaban J connectivity index is 1.28. The molecular formula is C24H28N4O2. The highest BCUT2D eigenvalue weighted by Gasteiger charge is 2.28. The number of hydrogen-bond donors (Lipinski definition) is 1. The Labute approximate surface area is 176 Å². The van der Waals surface area contributed by atoms with E-state index in [1.54, 1.807) is 0 Å². The summed E-state index contributed by atoms with van der Waals surface area (Å²) in [6.45, 7) is 6.46. The maximum Gasteiger partial charge on any atom is 0.254 e.